The molecular formula is C6H7Cl2NO2S. The van der Waals surface area contributed by atoms with Crippen molar-refractivity contribution in [3.05, 3.63) is 29.3 Å². The third-order valence-corrected chi connectivity index (χ3v) is 2.32. The van der Waals surface area contributed by atoms with E-state index in [0.29, 0.717) is 5.02 Å². The van der Waals surface area contributed by atoms with Crippen LogP contribution in [0.3, 0.4) is 0 Å². The second-order valence-corrected chi connectivity index (χ2v) is 4.00. The van der Waals surface area contributed by atoms with Gasteiger partial charge in [0.25, 0.3) is 0 Å². The van der Waals surface area contributed by atoms with Crippen molar-refractivity contribution < 1.29 is 8.42 Å². The molecule has 0 radical (unpaired) electrons. The summed E-state index contributed by atoms with van der Waals surface area (Å²) in [7, 11) is -3.58. The molecule has 3 nitrogen and oxygen atoms in total. The molecule has 0 aliphatic heterocycles. The van der Waals surface area contributed by atoms with Gasteiger partial charge >= 0.3 is 0 Å². The molecule has 0 aliphatic carbocycles. The Bertz CT molecular complexity index is 346. The van der Waals surface area contributed by atoms with Crippen LogP contribution in [0, 0.1) is 0 Å². The second kappa shape index (κ2) is 4.09. The summed E-state index contributed by atoms with van der Waals surface area (Å²) in [5.41, 5.74) is 0. The molecule has 6 heteroatoms. The third-order valence-electron chi connectivity index (χ3n) is 1.14. The molecule has 0 saturated heterocycles. The van der Waals surface area contributed by atoms with E-state index in [4.69, 9.17) is 16.7 Å². The quantitative estimate of drug-likeness (QED) is 0.789. The van der Waals surface area contributed by atoms with Crippen LogP contribution in [0.5, 0.6) is 0 Å². The minimum Gasteiger partial charge on any atom is -0.225 e. The van der Waals surface area contributed by atoms with E-state index in [1.54, 1.807) is 0 Å². The predicted molar refractivity (Wildman–Crippen MR) is 50.1 cm³/mol. The molecule has 0 atom stereocenters. The Kier molecular flexibility index (Phi) is 3.99. The molecule has 0 aliphatic rings. The Balaban J connectivity index is 0.00000121. The highest BCUT2D eigenvalue weighted by atomic mass is 35.5. The zero-order valence-electron chi connectivity index (χ0n) is 5.90. The molecule has 0 heterocycles. The van der Waals surface area contributed by atoms with Crippen molar-refractivity contribution in [1.29, 1.82) is 0 Å². The standard InChI is InChI=1S/C6H6ClNO2S.ClH/c7-5-1-3-6(4-2-5)11(8,9)10;/h1-4H,(H2,8,9,10);1H. The van der Waals surface area contributed by atoms with Crippen LogP contribution in [0.4, 0.5) is 0 Å². The number of rotatable bonds is 1. The Labute approximate surface area is 82.0 Å². The highest BCUT2D eigenvalue weighted by Gasteiger charge is 2.05. The predicted octanol–water partition coefficient (Wildman–Crippen LogP) is 1.41. The Morgan fingerprint density at radius 2 is 1.58 bits per heavy atom. The molecule has 0 saturated carbocycles. The van der Waals surface area contributed by atoms with Crippen LogP contribution in [0.25, 0.3) is 0 Å². The largest absolute Gasteiger partial charge is 0.238 e. The summed E-state index contributed by atoms with van der Waals surface area (Å²) in [5, 5.41) is 5.32. The van der Waals surface area contributed by atoms with Gasteiger partial charge in [-0.25, -0.2) is 13.6 Å². The molecule has 0 fully saturated rings. The molecule has 0 unspecified atom stereocenters. The first kappa shape index (κ1) is 11.7. The van der Waals surface area contributed by atoms with Crippen LogP contribution in [-0.4, -0.2) is 8.42 Å². The van der Waals surface area contributed by atoms with Gasteiger partial charge < -0.3 is 0 Å². The van der Waals surface area contributed by atoms with E-state index in [1.807, 2.05) is 0 Å². The van der Waals surface area contributed by atoms with E-state index in [9.17, 15) is 8.42 Å². The first-order chi connectivity index (χ1) is 5.00. The highest BCUT2D eigenvalue weighted by Crippen LogP contribution is 2.11. The van der Waals surface area contributed by atoms with E-state index in [0.717, 1.165) is 0 Å². The fourth-order valence-corrected chi connectivity index (χ4v) is 1.27. The van der Waals surface area contributed by atoms with Gasteiger partial charge in [-0.1, -0.05) is 11.6 Å². The van der Waals surface area contributed by atoms with E-state index in [2.05, 4.69) is 0 Å². The van der Waals surface area contributed by atoms with Crippen molar-refractivity contribution in [2.24, 2.45) is 5.14 Å². The third kappa shape index (κ3) is 2.98. The van der Waals surface area contributed by atoms with Crippen LogP contribution in [0.1, 0.15) is 0 Å². The molecular weight excluding hydrogens is 221 g/mol. The van der Waals surface area contributed by atoms with Crippen LogP contribution in [0.15, 0.2) is 29.2 Å². The van der Waals surface area contributed by atoms with E-state index in [-0.39, 0.29) is 17.3 Å². The van der Waals surface area contributed by atoms with Crippen molar-refractivity contribution in [2.75, 3.05) is 0 Å². The number of hydrogen-bond acceptors (Lipinski definition) is 2. The number of hydrogen-bond donors (Lipinski definition) is 1. The Morgan fingerprint density at radius 1 is 1.17 bits per heavy atom. The molecule has 0 bridgehead atoms. The van der Waals surface area contributed by atoms with Gasteiger partial charge in [0.15, 0.2) is 0 Å². The van der Waals surface area contributed by atoms with Crippen LogP contribution >= 0.6 is 24.0 Å². The Hall–Kier alpha value is -0.290. The minimum atomic E-state index is -3.58. The van der Waals surface area contributed by atoms with Crippen molar-refractivity contribution in [1.82, 2.24) is 0 Å². The lowest BCUT2D eigenvalue weighted by atomic mass is 10.4. The summed E-state index contributed by atoms with van der Waals surface area (Å²) < 4.78 is 21.4. The van der Waals surface area contributed by atoms with Crippen LogP contribution in [-0.2, 0) is 10.0 Å². The molecule has 0 aromatic heterocycles. The molecule has 0 spiro atoms. The number of sulfonamides is 1. The lowest BCUT2D eigenvalue weighted by molar-refractivity contribution is 0.598. The van der Waals surface area contributed by atoms with Gasteiger partial charge in [-0.15, -0.1) is 12.4 Å². The van der Waals surface area contributed by atoms with E-state index >= 15 is 0 Å². The SMILES string of the molecule is Cl.NS(=O)(=O)c1ccc(Cl)cc1. The zero-order chi connectivity index (χ0) is 8.48. The van der Waals surface area contributed by atoms with Crippen molar-refractivity contribution >= 4 is 34.0 Å². The molecule has 0 amide bonds. The molecule has 1 aromatic carbocycles. The minimum absolute atomic E-state index is 0. The van der Waals surface area contributed by atoms with Gasteiger partial charge in [-0.3, -0.25) is 0 Å². The smallest absolute Gasteiger partial charge is 0.225 e. The van der Waals surface area contributed by atoms with Gasteiger partial charge in [0, 0.05) is 5.02 Å². The van der Waals surface area contributed by atoms with E-state index in [1.165, 1.54) is 24.3 Å². The maximum Gasteiger partial charge on any atom is 0.238 e. The first-order valence-corrected chi connectivity index (χ1v) is 4.71. The lowest BCUT2D eigenvalue weighted by Gasteiger charge is -1.95. The molecule has 68 valence electrons. The zero-order valence-corrected chi connectivity index (χ0v) is 8.29. The van der Waals surface area contributed by atoms with Gasteiger partial charge in [0.05, 0.1) is 4.90 Å². The summed E-state index contributed by atoms with van der Waals surface area (Å²) >= 11 is 5.53. The first-order valence-electron chi connectivity index (χ1n) is 2.78. The molecule has 1 aromatic rings. The fraction of sp³-hybridized carbons (Fsp3) is 0. The molecule has 12 heavy (non-hydrogen) atoms. The summed E-state index contributed by atoms with van der Waals surface area (Å²) in [6.07, 6.45) is 0. The van der Waals surface area contributed by atoms with Gasteiger partial charge in [0.1, 0.15) is 0 Å². The lowest BCUT2D eigenvalue weighted by Crippen LogP contribution is -2.11. The average Bonchev–Trinajstić information content (AvgIpc) is 1.86. The summed E-state index contributed by atoms with van der Waals surface area (Å²) in [4.78, 5) is 0.0712. The topological polar surface area (TPSA) is 60.2 Å². The van der Waals surface area contributed by atoms with Gasteiger partial charge in [-0.05, 0) is 24.3 Å². The second-order valence-electron chi connectivity index (χ2n) is 2.00. The maximum atomic E-state index is 10.7. The molecule has 1 rings (SSSR count). The fourth-order valence-electron chi connectivity index (χ4n) is 0.624. The van der Waals surface area contributed by atoms with Crippen molar-refractivity contribution in [3.63, 3.8) is 0 Å². The summed E-state index contributed by atoms with van der Waals surface area (Å²) in [5.74, 6) is 0. The van der Waals surface area contributed by atoms with Crippen LogP contribution in [0.2, 0.25) is 5.02 Å². The Morgan fingerprint density at radius 3 is 1.92 bits per heavy atom. The van der Waals surface area contributed by atoms with Gasteiger partial charge in [0.2, 0.25) is 10.0 Å². The number of halogens is 2. The normalized spacial score (nSPS) is 10.5. The van der Waals surface area contributed by atoms with Crippen molar-refractivity contribution in [3.8, 4) is 0 Å². The number of benzene rings is 1. The molecule has 2 N–H and O–H groups in total. The van der Waals surface area contributed by atoms with E-state index < -0.39 is 10.0 Å². The summed E-state index contributed by atoms with van der Waals surface area (Å²) in [6.45, 7) is 0. The monoisotopic (exact) mass is 227 g/mol. The van der Waals surface area contributed by atoms with Crippen molar-refractivity contribution in [2.45, 2.75) is 4.90 Å². The highest BCUT2D eigenvalue weighted by molar-refractivity contribution is 7.89. The average molecular weight is 228 g/mol. The van der Waals surface area contributed by atoms with Gasteiger partial charge in [-0.2, -0.15) is 0 Å². The summed E-state index contributed by atoms with van der Waals surface area (Å²) in [6, 6.07) is 5.66. The number of nitrogens with two attached hydrogens (primary N) is 1. The number of primary sulfonamides is 1. The maximum absolute atomic E-state index is 10.7. The van der Waals surface area contributed by atoms with Crippen LogP contribution < -0.4 is 5.14 Å².